The maximum atomic E-state index is 4.62. The topological polar surface area (TPSA) is 57.7 Å². The van der Waals surface area contributed by atoms with Crippen molar-refractivity contribution in [1.29, 1.82) is 0 Å². The first-order valence-electron chi connectivity index (χ1n) is 9.55. The predicted molar refractivity (Wildman–Crippen MR) is 111 cm³/mol. The van der Waals surface area contributed by atoms with Gasteiger partial charge in [-0.05, 0) is 30.2 Å². The van der Waals surface area contributed by atoms with E-state index in [1.165, 1.54) is 22.4 Å². The van der Waals surface area contributed by atoms with Gasteiger partial charge >= 0.3 is 0 Å². The molecule has 4 aromatic rings. The Hall–Kier alpha value is -3.47. The molecule has 0 spiro atoms. The van der Waals surface area contributed by atoms with Crippen molar-refractivity contribution < 1.29 is 0 Å². The standard InChI is InChI=1S/C23H21N5/c1-16-7-12-22(26-24-16)28-14-13-21-20(15-28)23(27-25-21)19-10-8-18(9-11-19)17-5-3-2-4-6-17/h2-12H,13-15H2,1H3,(H,25,27). The minimum atomic E-state index is 0.791. The first-order valence-corrected chi connectivity index (χ1v) is 9.55. The highest BCUT2D eigenvalue weighted by molar-refractivity contribution is 5.71. The number of aromatic amines is 1. The number of H-pyrrole nitrogens is 1. The third-order valence-electron chi connectivity index (χ3n) is 5.31. The van der Waals surface area contributed by atoms with E-state index in [4.69, 9.17) is 0 Å². The minimum Gasteiger partial charge on any atom is -0.350 e. The van der Waals surface area contributed by atoms with E-state index in [0.717, 1.165) is 42.3 Å². The number of nitrogens with zero attached hydrogens (tertiary/aromatic N) is 4. The molecule has 5 nitrogen and oxygen atoms in total. The average Bonchev–Trinajstić information content (AvgIpc) is 3.18. The van der Waals surface area contributed by atoms with Crippen LogP contribution in [0, 0.1) is 6.92 Å². The summed E-state index contributed by atoms with van der Waals surface area (Å²) >= 11 is 0. The number of benzene rings is 2. The Morgan fingerprint density at radius 2 is 1.57 bits per heavy atom. The minimum absolute atomic E-state index is 0.791. The summed E-state index contributed by atoms with van der Waals surface area (Å²) in [4.78, 5) is 2.27. The molecule has 2 aromatic carbocycles. The molecule has 0 fully saturated rings. The van der Waals surface area contributed by atoms with Crippen molar-refractivity contribution in [1.82, 2.24) is 20.4 Å². The Morgan fingerprint density at radius 1 is 0.821 bits per heavy atom. The Labute approximate surface area is 164 Å². The molecule has 0 radical (unpaired) electrons. The maximum Gasteiger partial charge on any atom is 0.151 e. The van der Waals surface area contributed by atoms with Crippen molar-refractivity contribution in [2.75, 3.05) is 11.4 Å². The quantitative estimate of drug-likeness (QED) is 0.583. The van der Waals surface area contributed by atoms with Crippen LogP contribution in [0.25, 0.3) is 22.4 Å². The molecule has 1 aliphatic rings. The highest BCUT2D eigenvalue weighted by Gasteiger charge is 2.23. The molecule has 3 heterocycles. The number of aryl methyl sites for hydroxylation is 1. The third-order valence-corrected chi connectivity index (χ3v) is 5.31. The van der Waals surface area contributed by atoms with E-state index in [1.807, 2.05) is 25.1 Å². The molecule has 138 valence electrons. The number of rotatable bonds is 3. The van der Waals surface area contributed by atoms with Crippen LogP contribution in [-0.2, 0) is 13.0 Å². The van der Waals surface area contributed by atoms with Crippen LogP contribution in [0.4, 0.5) is 5.82 Å². The summed E-state index contributed by atoms with van der Waals surface area (Å²) in [5.74, 6) is 0.919. The zero-order valence-electron chi connectivity index (χ0n) is 15.8. The molecule has 0 saturated carbocycles. The molecule has 28 heavy (non-hydrogen) atoms. The molecule has 0 unspecified atom stereocenters. The lowest BCUT2D eigenvalue weighted by Gasteiger charge is -2.27. The van der Waals surface area contributed by atoms with Gasteiger partial charge in [-0.15, -0.1) is 5.10 Å². The second kappa shape index (κ2) is 6.93. The molecular formula is C23H21N5. The summed E-state index contributed by atoms with van der Waals surface area (Å²) in [5.41, 5.74) is 8.00. The van der Waals surface area contributed by atoms with Crippen LogP contribution in [-0.4, -0.2) is 26.9 Å². The van der Waals surface area contributed by atoms with Crippen LogP contribution < -0.4 is 4.90 Å². The number of aromatic nitrogens is 4. The summed E-state index contributed by atoms with van der Waals surface area (Å²) in [5, 5.41) is 16.4. The molecular weight excluding hydrogens is 346 g/mol. The molecule has 2 aromatic heterocycles. The Kier molecular flexibility index (Phi) is 4.13. The highest BCUT2D eigenvalue weighted by Crippen LogP contribution is 2.31. The lowest BCUT2D eigenvalue weighted by atomic mass is 9.98. The summed E-state index contributed by atoms with van der Waals surface area (Å²) < 4.78 is 0. The maximum absolute atomic E-state index is 4.62. The van der Waals surface area contributed by atoms with Gasteiger partial charge in [-0.3, -0.25) is 5.10 Å². The van der Waals surface area contributed by atoms with Gasteiger partial charge < -0.3 is 4.90 Å². The zero-order valence-corrected chi connectivity index (χ0v) is 15.8. The van der Waals surface area contributed by atoms with Gasteiger partial charge in [-0.1, -0.05) is 54.6 Å². The van der Waals surface area contributed by atoms with E-state index in [-0.39, 0.29) is 0 Å². The van der Waals surface area contributed by atoms with Crippen molar-refractivity contribution in [3.63, 3.8) is 0 Å². The fraction of sp³-hybridized carbons (Fsp3) is 0.174. The van der Waals surface area contributed by atoms with Crippen molar-refractivity contribution >= 4 is 5.82 Å². The lowest BCUT2D eigenvalue weighted by Crippen LogP contribution is -2.31. The van der Waals surface area contributed by atoms with Crippen LogP contribution in [0.2, 0.25) is 0 Å². The molecule has 0 amide bonds. The van der Waals surface area contributed by atoms with Crippen LogP contribution in [0.1, 0.15) is 17.0 Å². The Morgan fingerprint density at radius 3 is 2.32 bits per heavy atom. The second-order valence-electron chi connectivity index (χ2n) is 7.18. The first-order chi connectivity index (χ1) is 13.8. The number of hydrogen-bond donors (Lipinski definition) is 1. The van der Waals surface area contributed by atoms with E-state index in [1.54, 1.807) is 0 Å². The first kappa shape index (κ1) is 16.7. The predicted octanol–water partition coefficient (Wildman–Crippen LogP) is 4.40. The normalized spacial score (nSPS) is 13.4. The zero-order chi connectivity index (χ0) is 18.9. The molecule has 5 heteroatoms. The van der Waals surface area contributed by atoms with Gasteiger partial charge in [0.2, 0.25) is 0 Å². The van der Waals surface area contributed by atoms with Gasteiger partial charge in [-0.2, -0.15) is 10.2 Å². The highest BCUT2D eigenvalue weighted by atomic mass is 15.3. The molecule has 0 atom stereocenters. The number of anilines is 1. The SMILES string of the molecule is Cc1ccc(N2CCc3[nH]nc(-c4ccc(-c5ccccc5)cc4)c3C2)nn1. The van der Waals surface area contributed by atoms with E-state index in [9.17, 15) is 0 Å². The molecule has 0 bridgehead atoms. The van der Waals surface area contributed by atoms with E-state index in [2.05, 4.69) is 73.8 Å². The second-order valence-corrected chi connectivity index (χ2v) is 7.18. The largest absolute Gasteiger partial charge is 0.350 e. The fourth-order valence-corrected chi connectivity index (χ4v) is 3.74. The Balaban J connectivity index is 1.44. The number of hydrogen-bond acceptors (Lipinski definition) is 4. The van der Waals surface area contributed by atoms with Gasteiger partial charge in [-0.25, -0.2) is 0 Å². The summed E-state index contributed by atoms with van der Waals surface area (Å²) in [7, 11) is 0. The lowest BCUT2D eigenvalue weighted by molar-refractivity contribution is 0.702. The van der Waals surface area contributed by atoms with Crippen molar-refractivity contribution in [2.24, 2.45) is 0 Å². The van der Waals surface area contributed by atoms with Crippen molar-refractivity contribution in [3.05, 3.63) is 83.7 Å². The van der Waals surface area contributed by atoms with Crippen LogP contribution in [0.15, 0.2) is 66.7 Å². The number of nitrogens with one attached hydrogen (secondary N) is 1. The van der Waals surface area contributed by atoms with Gasteiger partial charge in [0.1, 0.15) is 0 Å². The van der Waals surface area contributed by atoms with Gasteiger partial charge in [0.25, 0.3) is 0 Å². The van der Waals surface area contributed by atoms with E-state index >= 15 is 0 Å². The molecule has 0 saturated heterocycles. The van der Waals surface area contributed by atoms with Crippen molar-refractivity contribution in [3.8, 4) is 22.4 Å². The van der Waals surface area contributed by atoms with E-state index < -0.39 is 0 Å². The molecule has 5 rings (SSSR count). The Bertz CT molecular complexity index is 1080. The molecule has 1 N–H and O–H groups in total. The smallest absolute Gasteiger partial charge is 0.151 e. The summed E-state index contributed by atoms with van der Waals surface area (Å²) in [6.07, 6.45) is 0.931. The van der Waals surface area contributed by atoms with Gasteiger partial charge in [0.05, 0.1) is 11.4 Å². The van der Waals surface area contributed by atoms with Gasteiger partial charge in [0.15, 0.2) is 5.82 Å². The monoisotopic (exact) mass is 367 g/mol. The van der Waals surface area contributed by atoms with Gasteiger partial charge in [0, 0.05) is 36.3 Å². The van der Waals surface area contributed by atoms with Crippen LogP contribution >= 0.6 is 0 Å². The third kappa shape index (κ3) is 3.05. The average molecular weight is 367 g/mol. The fourth-order valence-electron chi connectivity index (χ4n) is 3.74. The van der Waals surface area contributed by atoms with Crippen molar-refractivity contribution in [2.45, 2.75) is 19.9 Å². The number of fused-ring (bicyclic) bond motifs is 1. The van der Waals surface area contributed by atoms with Crippen LogP contribution in [0.3, 0.4) is 0 Å². The molecule has 0 aliphatic carbocycles. The summed E-state index contributed by atoms with van der Waals surface area (Å²) in [6, 6.07) is 23.1. The van der Waals surface area contributed by atoms with Crippen LogP contribution in [0.5, 0.6) is 0 Å². The molecule has 1 aliphatic heterocycles. The summed E-state index contributed by atoms with van der Waals surface area (Å²) in [6.45, 7) is 3.66. The van der Waals surface area contributed by atoms with E-state index in [0.29, 0.717) is 0 Å².